The number of halogens is 2. The number of aromatic nitrogens is 2. The van der Waals surface area contributed by atoms with Crippen LogP contribution in [0, 0.1) is 5.82 Å². The predicted molar refractivity (Wildman–Crippen MR) is 135 cm³/mol. The average molecular weight is 518 g/mol. The first-order chi connectivity index (χ1) is 17.5. The third-order valence-corrected chi connectivity index (χ3v) is 7.96. The van der Waals surface area contributed by atoms with Gasteiger partial charge in [0.1, 0.15) is 24.2 Å². The van der Waals surface area contributed by atoms with E-state index in [1.54, 1.807) is 12.1 Å². The Morgan fingerprint density at radius 3 is 2.67 bits per heavy atom. The number of benzene rings is 1. The summed E-state index contributed by atoms with van der Waals surface area (Å²) >= 11 is 5.98. The number of fused-ring (bicyclic) bond motifs is 1. The van der Waals surface area contributed by atoms with Crippen LogP contribution in [0.15, 0.2) is 24.5 Å². The van der Waals surface area contributed by atoms with Crippen molar-refractivity contribution in [2.75, 3.05) is 44.3 Å². The summed E-state index contributed by atoms with van der Waals surface area (Å²) in [5.74, 6) is -0.0796. The van der Waals surface area contributed by atoms with Gasteiger partial charge in [-0.15, -0.1) is 0 Å². The molecule has 0 amide bonds. The lowest BCUT2D eigenvalue weighted by atomic mass is 9.94. The first-order valence-electron chi connectivity index (χ1n) is 12.7. The highest BCUT2D eigenvalue weighted by Gasteiger charge is 2.37. The van der Waals surface area contributed by atoms with E-state index >= 15 is 0 Å². The van der Waals surface area contributed by atoms with E-state index in [0.717, 1.165) is 36.2 Å². The van der Waals surface area contributed by atoms with Gasteiger partial charge in [0, 0.05) is 61.6 Å². The second-order valence-electron chi connectivity index (χ2n) is 10.00. The number of aliphatic hydroxyl groups excluding tert-OH is 1. The fourth-order valence-corrected chi connectivity index (χ4v) is 5.96. The lowest BCUT2D eigenvalue weighted by Crippen LogP contribution is -2.59. The molecule has 36 heavy (non-hydrogen) atoms. The van der Waals surface area contributed by atoms with Crippen molar-refractivity contribution >= 4 is 23.7 Å². The molecule has 4 atom stereocenters. The zero-order valence-corrected chi connectivity index (χ0v) is 21.2. The van der Waals surface area contributed by atoms with Crippen LogP contribution < -0.4 is 10.2 Å². The number of ether oxygens (including phenoxy) is 1. The van der Waals surface area contributed by atoms with E-state index < -0.39 is 17.8 Å². The highest BCUT2D eigenvalue weighted by atomic mass is 35.5. The molecule has 194 valence electrons. The molecule has 10 heteroatoms. The fourth-order valence-electron chi connectivity index (χ4n) is 5.80. The Morgan fingerprint density at radius 1 is 1.22 bits per heavy atom. The summed E-state index contributed by atoms with van der Waals surface area (Å²) in [5.41, 5.74) is 2.11. The molecule has 1 aromatic carbocycles. The van der Waals surface area contributed by atoms with Gasteiger partial charge in [-0.05, 0) is 37.3 Å². The summed E-state index contributed by atoms with van der Waals surface area (Å²) in [6.45, 7) is 6.19. The molecule has 2 N–H and O–H groups in total. The van der Waals surface area contributed by atoms with Crippen molar-refractivity contribution < 1.29 is 19.0 Å². The van der Waals surface area contributed by atoms with E-state index in [2.05, 4.69) is 32.0 Å². The molecule has 0 radical (unpaired) electrons. The average Bonchev–Trinajstić information content (AvgIpc) is 3.19. The van der Waals surface area contributed by atoms with Gasteiger partial charge in [-0.25, -0.2) is 14.4 Å². The van der Waals surface area contributed by atoms with Crippen molar-refractivity contribution in [1.29, 1.82) is 0 Å². The summed E-state index contributed by atoms with van der Waals surface area (Å²) in [5, 5.41) is 14.3. The van der Waals surface area contributed by atoms with Crippen molar-refractivity contribution in [3.63, 3.8) is 0 Å². The Bertz CT molecular complexity index is 1080. The number of piperazine rings is 1. The number of aldehydes is 1. The molecule has 5 rings (SSSR count). The van der Waals surface area contributed by atoms with Gasteiger partial charge >= 0.3 is 0 Å². The summed E-state index contributed by atoms with van der Waals surface area (Å²) in [6, 6.07) is 4.70. The minimum atomic E-state index is -0.685. The van der Waals surface area contributed by atoms with Crippen LogP contribution in [0.5, 0.6) is 0 Å². The molecule has 0 spiro atoms. The largest absolute Gasteiger partial charge is 0.387 e. The zero-order valence-electron chi connectivity index (χ0n) is 20.4. The fraction of sp³-hybridized carbons (Fsp3) is 0.577. The topological polar surface area (TPSA) is 90.8 Å². The van der Waals surface area contributed by atoms with Crippen molar-refractivity contribution in [1.82, 2.24) is 20.2 Å². The molecule has 0 bridgehead atoms. The van der Waals surface area contributed by atoms with Crippen LogP contribution in [0.25, 0.3) is 0 Å². The van der Waals surface area contributed by atoms with Gasteiger partial charge in [0.15, 0.2) is 0 Å². The van der Waals surface area contributed by atoms with E-state index in [1.165, 1.54) is 12.4 Å². The monoisotopic (exact) mass is 517 g/mol. The maximum absolute atomic E-state index is 14.9. The van der Waals surface area contributed by atoms with Crippen LogP contribution in [0.2, 0.25) is 5.02 Å². The second-order valence-corrected chi connectivity index (χ2v) is 10.4. The van der Waals surface area contributed by atoms with Gasteiger partial charge in [-0.1, -0.05) is 24.6 Å². The van der Waals surface area contributed by atoms with E-state index in [9.17, 15) is 14.3 Å². The molecule has 3 heterocycles. The standard InChI is InChI=1S/C26H33ClFN5O3/c1-16-12-22(35)24-23(16)26(30-15-29-24)33-8-6-32(7-9-33)25(31-18-4-10-36-11-5-18)20(14-34)19-3-2-17(27)13-21(19)28/h2-3,13-16,18,20,22,25,31,35H,4-12H2,1H3/t16-,20?,22-,25?/m1/s1. The molecule has 8 nitrogen and oxygen atoms in total. The van der Waals surface area contributed by atoms with Gasteiger partial charge in [-0.3, -0.25) is 10.2 Å². The number of carbonyl (C=O) groups excluding carboxylic acids is 1. The van der Waals surface area contributed by atoms with Crippen LogP contribution in [-0.4, -0.2) is 77.9 Å². The van der Waals surface area contributed by atoms with Gasteiger partial charge < -0.3 is 19.5 Å². The molecule has 1 aromatic heterocycles. The van der Waals surface area contributed by atoms with Crippen LogP contribution in [0.4, 0.5) is 10.2 Å². The Hall–Kier alpha value is -2.17. The van der Waals surface area contributed by atoms with Crippen molar-refractivity contribution in [3.8, 4) is 0 Å². The Kier molecular flexibility index (Phi) is 7.83. The van der Waals surface area contributed by atoms with Gasteiger partial charge in [0.05, 0.1) is 23.9 Å². The van der Waals surface area contributed by atoms with Crippen molar-refractivity contribution in [2.45, 2.75) is 56.3 Å². The minimum absolute atomic E-state index is 0.187. The highest BCUT2D eigenvalue weighted by Crippen LogP contribution is 2.43. The van der Waals surface area contributed by atoms with Gasteiger partial charge in [0.25, 0.3) is 0 Å². The summed E-state index contributed by atoms with van der Waals surface area (Å²) < 4.78 is 20.4. The molecule has 2 aliphatic heterocycles. The third kappa shape index (κ3) is 5.13. The molecule has 2 saturated heterocycles. The number of nitrogens with one attached hydrogen (secondary N) is 1. The van der Waals surface area contributed by atoms with Crippen LogP contribution in [-0.2, 0) is 9.53 Å². The normalized spacial score (nSPS) is 24.9. The minimum Gasteiger partial charge on any atom is -0.387 e. The lowest BCUT2D eigenvalue weighted by molar-refractivity contribution is -0.111. The SMILES string of the molecule is C[C@@H]1C[C@@H](O)c2ncnc(N3CCN(C(NC4CCOCC4)C(C=O)c4ccc(Cl)cc4F)CC3)c21. The molecule has 2 aromatic rings. The lowest BCUT2D eigenvalue weighted by Gasteiger charge is -2.44. The van der Waals surface area contributed by atoms with E-state index in [-0.39, 0.29) is 18.1 Å². The first-order valence-corrected chi connectivity index (χ1v) is 13.1. The number of carbonyl (C=O) groups is 1. The maximum atomic E-state index is 14.9. The van der Waals surface area contributed by atoms with E-state index in [0.29, 0.717) is 56.4 Å². The zero-order chi connectivity index (χ0) is 25.2. The first kappa shape index (κ1) is 25.5. The maximum Gasteiger partial charge on any atom is 0.135 e. The number of nitrogens with zero attached hydrogens (tertiary/aromatic N) is 4. The Morgan fingerprint density at radius 2 is 1.97 bits per heavy atom. The van der Waals surface area contributed by atoms with Crippen LogP contribution in [0.3, 0.4) is 0 Å². The molecule has 1 aliphatic carbocycles. The smallest absolute Gasteiger partial charge is 0.135 e. The Balaban J connectivity index is 1.37. The molecule has 2 unspecified atom stereocenters. The van der Waals surface area contributed by atoms with Gasteiger partial charge in [0.2, 0.25) is 0 Å². The van der Waals surface area contributed by atoms with Crippen molar-refractivity contribution in [2.24, 2.45) is 0 Å². The van der Waals surface area contributed by atoms with E-state index in [4.69, 9.17) is 16.3 Å². The molecule has 3 aliphatic rings. The number of hydrogen-bond donors (Lipinski definition) is 2. The van der Waals surface area contributed by atoms with Crippen molar-refractivity contribution in [3.05, 3.63) is 52.2 Å². The van der Waals surface area contributed by atoms with Crippen LogP contribution >= 0.6 is 11.6 Å². The summed E-state index contributed by atoms with van der Waals surface area (Å²) in [6.07, 6.45) is 3.82. The number of anilines is 1. The number of aliphatic hydroxyl groups is 1. The quantitative estimate of drug-likeness (QED) is 0.542. The molecular formula is C26H33ClFN5O3. The van der Waals surface area contributed by atoms with E-state index in [1.807, 2.05) is 0 Å². The Labute approximate surface area is 215 Å². The molecule has 2 fully saturated rings. The number of rotatable bonds is 7. The summed E-state index contributed by atoms with van der Waals surface area (Å²) in [7, 11) is 0. The van der Waals surface area contributed by atoms with Gasteiger partial charge in [-0.2, -0.15) is 0 Å². The number of hydrogen-bond acceptors (Lipinski definition) is 8. The predicted octanol–water partition coefficient (Wildman–Crippen LogP) is 3.01. The molecule has 0 saturated carbocycles. The molecular weight excluding hydrogens is 485 g/mol. The third-order valence-electron chi connectivity index (χ3n) is 7.72. The second kappa shape index (κ2) is 11.1. The summed E-state index contributed by atoms with van der Waals surface area (Å²) in [4.78, 5) is 25.8. The highest BCUT2D eigenvalue weighted by molar-refractivity contribution is 6.30. The van der Waals surface area contributed by atoms with Crippen LogP contribution in [0.1, 0.15) is 60.9 Å².